The van der Waals surface area contributed by atoms with Crippen LogP contribution in [0.15, 0.2) is 47.3 Å². The third-order valence-corrected chi connectivity index (χ3v) is 4.24. The van der Waals surface area contributed by atoms with Crippen molar-refractivity contribution in [3.8, 4) is 0 Å². The van der Waals surface area contributed by atoms with Gasteiger partial charge in [0, 0.05) is 19.0 Å². The molecular weight excluding hydrogens is 370 g/mol. The number of nitrogens with one attached hydrogen (secondary N) is 2. The maximum atomic E-state index is 12.4. The lowest BCUT2D eigenvalue weighted by molar-refractivity contribution is -0.116. The molecule has 0 saturated carbocycles. The maximum Gasteiger partial charge on any atom is 0.277 e. The molecule has 0 unspecified atom stereocenters. The van der Waals surface area contributed by atoms with Crippen molar-refractivity contribution in [2.24, 2.45) is 0 Å². The summed E-state index contributed by atoms with van der Waals surface area (Å²) in [7, 11) is 1.51. The van der Waals surface area contributed by atoms with Gasteiger partial charge in [0.05, 0.1) is 22.6 Å². The largest absolute Gasteiger partial charge is 0.355 e. The topological polar surface area (TPSA) is 106 Å². The van der Waals surface area contributed by atoms with Gasteiger partial charge >= 0.3 is 0 Å². The molecule has 0 fully saturated rings. The Morgan fingerprint density at radius 2 is 1.96 bits per heavy atom. The quantitative estimate of drug-likeness (QED) is 0.697. The third kappa shape index (κ3) is 4.12. The summed E-state index contributed by atoms with van der Waals surface area (Å²) in [4.78, 5) is 36.3. The Balaban J connectivity index is 1.71. The molecule has 2 N–H and O–H groups in total. The number of aryl methyl sites for hydroxylation is 1. The van der Waals surface area contributed by atoms with Crippen LogP contribution in [0.5, 0.6) is 0 Å². The molecule has 138 valence electrons. The first-order valence-electron chi connectivity index (χ1n) is 8.13. The highest BCUT2D eigenvalue weighted by molar-refractivity contribution is 6.33. The molecule has 3 rings (SSSR count). The van der Waals surface area contributed by atoms with Crippen LogP contribution >= 0.6 is 11.6 Å². The maximum absolute atomic E-state index is 12.4. The van der Waals surface area contributed by atoms with E-state index in [0.717, 1.165) is 4.68 Å². The predicted molar refractivity (Wildman–Crippen MR) is 102 cm³/mol. The Hall–Kier alpha value is -3.26. The van der Waals surface area contributed by atoms with Gasteiger partial charge in [-0.05, 0) is 30.3 Å². The first kappa shape index (κ1) is 18.5. The van der Waals surface area contributed by atoms with E-state index in [1.165, 1.54) is 19.2 Å². The first-order valence-corrected chi connectivity index (χ1v) is 8.51. The van der Waals surface area contributed by atoms with Crippen molar-refractivity contribution < 1.29 is 9.59 Å². The van der Waals surface area contributed by atoms with E-state index in [1.54, 1.807) is 30.3 Å². The molecule has 9 heteroatoms. The molecule has 0 spiro atoms. The summed E-state index contributed by atoms with van der Waals surface area (Å²) in [5.74, 6) is -0.659. The van der Waals surface area contributed by atoms with E-state index in [1.807, 2.05) is 0 Å². The number of amides is 2. The smallest absolute Gasteiger partial charge is 0.277 e. The molecule has 0 bridgehead atoms. The van der Waals surface area contributed by atoms with Gasteiger partial charge in [0.25, 0.3) is 11.5 Å². The number of carbonyl (C=O) groups is 2. The van der Waals surface area contributed by atoms with Crippen molar-refractivity contribution in [1.82, 2.24) is 20.3 Å². The molecule has 0 aliphatic heterocycles. The van der Waals surface area contributed by atoms with Gasteiger partial charge in [-0.3, -0.25) is 14.4 Å². The average Bonchev–Trinajstić information content (AvgIpc) is 2.68. The van der Waals surface area contributed by atoms with Gasteiger partial charge in [0.1, 0.15) is 5.52 Å². The van der Waals surface area contributed by atoms with Crippen LogP contribution < -0.4 is 16.2 Å². The zero-order valence-electron chi connectivity index (χ0n) is 14.4. The van der Waals surface area contributed by atoms with Crippen LogP contribution in [0.25, 0.3) is 10.9 Å². The van der Waals surface area contributed by atoms with Gasteiger partial charge in [0.2, 0.25) is 5.91 Å². The van der Waals surface area contributed by atoms with Crippen LogP contribution in [0.1, 0.15) is 16.8 Å². The number of nitrogens with zero attached hydrogens (tertiary/aromatic N) is 3. The highest BCUT2D eigenvalue weighted by Crippen LogP contribution is 2.23. The van der Waals surface area contributed by atoms with Crippen molar-refractivity contribution in [3.05, 3.63) is 63.4 Å². The van der Waals surface area contributed by atoms with E-state index >= 15 is 0 Å². The number of benzene rings is 2. The van der Waals surface area contributed by atoms with Crippen LogP contribution in [0.2, 0.25) is 5.02 Å². The Morgan fingerprint density at radius 3 is 2.74 bits per heavy atom. The normalized spacial score (nSPS) is 10.6. The van der Waals surface area contributed by atoms with Gasteiger partial charge in [-0.1, -0.05) is 28.9 Å². The number of rotatable bonds is 5. The van der Waals surface area contributed by atoms with E-state index in [-0.39, 0.29) is 30.3 Å². The SMILES string of the molecule is CNC(=O)c1ccc(Cl)c(NC(=O)CCn2nnc3ccccc3c2=O)c1. The Kier molecular flexibility index (Phi) is 5.46. The van der Waals surface area contributed by atoms with Crippen LogP contribution in [0, 0.1) is 0 Å². The van der Waals surface area contributed by atoms with Crippen molar-refractivity contribution in [2.45, 2.75) is 13.0 Å². The van der Waals surface area contributed by atoms with Crippen molar-refractivity contribution in [3.63, 3.8) is 0 Å². The summed E-state index contributed by atoms with van der Waals surface area (Å²) >= 11 is 6.07. The minimum atomic E-state index is -0.368. The lowest BCUT2D eigenvalue weighted by Gasteiger charge is -2.09. The second kappa shape index (κ2) is 7.96. The summed E-state index contributed by atoms with van der Waals surface area (Å²) in [6.45, 7) is 0.0647. The fraction of sp³-hybridized carbons (Fsp3) is 0.167. The second-order valence-corrected chi connectivity index (χ2v) is 6.11. The van der Waals surface area contributed by atoms with Crippen LogP contribution in [-0.4, -0.2) is 33.9 Å². The zero-order chi connectivity index (χ0) is 19.4. The Labute approximate surface area is 159 Å². The highest BCUT2D eigenvalue weighted by atomic mass is 35.5. The molecular formula is C18H16ClN5O3. The molecule has 2 amide bonds. The molecule has 0 radical (unpaired) electrons. The number of carbonyl (C=O) groups excluding carboxylic acids is 2. The summed E-state index contributed by atoms with van der Waals surface area (Å²) in [5, 5.41) is 13.7. The fourth-order valence-corrected chi connectivity index (χ4v) is 2.66. The van der Waals surface area contributed by atoms with Crippen LogP contribution in [-0.2, 0) is 11.3 Å². The summed E-state index contributed by atoms with van der Waals surface area (Å²) in [5.41, 5.74) is 0.877. The van der Waals surface area contributed by atoms with E-state index < -0.39 is 0 Å². The number of hydrogen-bond acceptors (Lipinski definition) is 5. The number of hydrogen-bond donors (Lipinski definition) is 2. The minimum absolute atomic E-state index is 0.00649. The van der Waals surface area contributed by atoms with Crippen LogP contribution in [0.3, 0.4) is 0 Å². The Morgan fingerprint density at radius 1 is 1.19 bits per heavy atom. The number of halogens is 1. The van der Waals surface area contributed by atoms with Crippen molar-refractivity contribution >= 4 is 40.0 Å². The lowest BCUT2D eigenvalue weighted by Crippen LogP contribution is -2.26. The molecule has 1 aromatic heterocycles. The fourth-order valence-electron chi connectivity index (χ4n) is 2.50. The van der Waals surface area contributed by atoms with Gasteiger partial charge in [-0.25, -0.2) is 4.68 Å². The summed E-state index contributed by atoms with van der Waals surface area (Å²) < 4.78 is 1.14. The average molecular weight is 386 g/mol. The molecule has 1 heterocycles. The van der Waals surface area contributed by atoms with Crippen LogP contribution in [0.4, 0.5) is 5.69 Å². The second-order valence-electron chi connectivity index (χ2n) is 5.71. The van der Waals surface area contributed by atoms with Gasteiger partial charge in [0.15, 0.2) is 0 Å². The summed E-state index contributed by atoms with van der Waals surface area (Å²) in [6.07, 6.45) is -0.00649. The standard InChI is InChI=1S/C18H16ClN5O3/c1-20-17(26)11-6-7-13(19)15(10-11)21-16(25)8-9-24-18(27)12-4-2-3-5-14(12)22-23-24/h2-7,10H,8-9H2,1H3,(H,20,26)(H,21,25). The first-order chi connectivity index (χ1) is 13.0. The molecule has 0 aliphatic rings. The minimum Gasteiger partial charge on any atom is -0.355 e. The molecule has 27 heavy (non-hydrogen) atoms. The summed E-state index contributed by atoms with van der Waals surface area (Å²) in [6, 6.07) is 11.4. The number of aromatic nitrogens is 3. The molecule has 2 aromatic carbocycles. The monoisotopic (exact) mass is 385 g/mol. The zero-order valence-corrected chi connectivity index (χ0v) is 15.2. The van der Waals surface area contributed by atoms with Gasteiger partial charge < -0.3 is 10.6 Å². The van der Waals surface area contributed by atoms with E-state index in [0.29, 0.717) is 27.2 Å². The van der Waals surface area contributed by atoms with Gasteiger partial charge in [-0.15, -0.1) is 5.10 Å². The lowest BCUT2D eigenvalue weighted by atomic mass is 10.2. The third-order valence-electron chi connectivity index (χ3n) is 3.91. The molecule has 8 nitrogen and oxygen atoms in total. The van der Waals surface area contributed by atoms with Crippen molar-refractivity contribution in [2.75, 3.05) is 12.4 Å². The molecule has 0 aliphatic carbocycles. The number of fused-ring (bicyclic) bond motifs is 1. The van der Waals surface area contributed by atoms with Crippen molar-refractivity contribution in [1.29, 1.82) is 0 Å². The highest BCUT2D eigenvalue weighted by Gasteiger charge is 2.12. The van der Waals surface area contributed by atoms with Gasteiger partial charge in [-0.2, -0.15) is 0 Å². The molecule has 0 atom stereocenters. The molecule has 3 aromatic rings. The van der Waals surface area contributed by atoms with E-state index in [9.17, 15) is 14.4 Å². The Bertz CT molecular complexity index is 1080. The van der Waals surface area contributed by atoms with E-state index in [2.05, 4.69) is 20.9 Å². The molecule has 0 saturated heterocycles. The predicted octanol–water partition coefficient (Wildman–Crippen LogP) is 1.83. The number of anilines is 1. The van der Waals surface area contributed by atoms with E-state index in [4.69, 9.17) is 11.6 Å².